The lowest BCUT2D eigenvalue weighted by molar-refractivity contribution is 0.258. The van der Waals surface area contributed by atoms with Crippen molar-refractivity contribution in [1.29, 1.82) is 0 Å². The zero-order chi connectivity index (χ0) is 20.5. The third kappa shape index (κ3) is 4.36. The first-order chi connectivity index (χ1) is 13.9. The number of aryl methyl sites for hydroxylation is 1. The molecule has 0 saturated heterocycles. The van der Waals surface area contributed by atoms with Gasteiger partial charge in [-0.1, -0.05) is 27.5 Å². The smallest absolute Gasteiger partial charge is 0.261 e. The minimum Gasteiger partial charge on any atom is -0.484 e. The molecule has 2 aromatic carbocycles. The predicted octanol–water partition coefficient (Wildman–Crippen LogP) is 4.89. The van der Waals surface area contributed by atoms with Crippen LogP contribution in [0.5, 0.6) is 5.75 Å². The van der Waals surface area contributed by atoms with Crippen LogP contribution in [-0.2, 0) is 13.2 Å². The van der Waals surface area contributed by atoms with Crippen molar-refractivity contribution in [2.24, 2.45) is 0 Å². The summed E-state index contributed by atoms with van der Waals surface area (Å²) in [6, 6.07) is 10.6. The maximum Gasteiger partial charge on any atom is 0.261 e. The van der Waals surface area contributed by atoms with E-state index in [-0.39, 0.29) is 18.7 Å². The van der Waals surface area contributed by atoms with E-state index in [1.165, 1.54) is 4.57 Å². The summed E-state index contributed by atoms with van der Waals surface area (Å²) in [5, 5.41) is 9.10. The van der Waals surface area contributed by atoms with Crippen molar-refractivity contribution in [1.82, 2.24) is 19.7 Å². The summed E-state index contributed by atoms with van der Waals surface area (Å²) in [6.45, 7) is 1.99. The van der Waals surface area contributed by atoms with Crippen molar-refractivity contribution < 1.29 is 9.15 Å². The lowest BCUT2D eigenvalue weighted by Gasteiger charge is -2.10. The zero-order valence-electron chi connectivity index (χ0n) is 15.0. The van der Waals surface area contributed by atoms with Gasteiger partial charge in [0, 0.05) is 14.0 Å². The van der Waals surface area contributed by atoms with Gasteiger partial charge in [0.1, 0.15) is 18.1 Å². The van der Waals surface area contributed by atoms with E-state index in [1.807, 2.05) is 6.07 Å². The highest BCUT2D eigenvalue weighted by molar-refractivity contribution is 9.11. The molecule has 0 bridgehead atoms. The van der Waals surface area contributed by atoms with Crippen LogP contribution in [0, 0.1) is 6.92 Å². The minimum atomic E-state index is -0.188. The van der Waals surface area contributed by atoms with E-state index >= 15 is 0 Å². The molecule has 4 rings (SSSR count). The average molecular weight is 541 g/mol. The molecule has 2 heterocycles. The number of nitrogens with zero attached hydrogens (tertiary/aromatic N) is 4. The van der Waals surface area contributed by atoms with Gasteiger partial charge in [0.2, 0.25) is 5.89 Å². The fraction of sp³-hybridized carbons (Fsp3) is 0.158. The van der Waals surface area contributed by atoms with E-state index in [0.29, 0.717) is 39.3 Å². The van der Waals surface area contributed by atoms with Gasteiger partial charge in [-0.05, 0) is 59.3 Å². The molecule has 0 aliphatic heterocycles. The van der Waals surface area contributed by atoms with Crippen LogP contribution in [0.25, 0.3) is 10.9 Å². The monoisotopic (exact) mass is 538 g/mol. The Labute approximate surface area is 186 Å². The van der Waals surface area contributed by atoms with Crippen LogP contribution in [0.2, 0.25) is 5.02 Å². The number of rotatable bonds is 5. The molecule has 7 nitrogen and oxygen atoms in total. The zero-order valence-corrected chi connectivity index (χ0v) is 19.0. The van der Waals surface area contributed by atoms with Crippen LogP contribution in [0.15, 0.2) is 54.6 Å². The Morgan fingerprint density at radius 1 is 1.14 bits per heavy atom. The summed E-state index contributed by atoms with van der Waals surface area (Å²) in [7, 11) is 0. The Morgan fingerprint density at radius 2 is 1.86 bits per heavy atom. The third-order valence-corrected chi connectivity index (χ3v) is 5.46. The van der Waals surface area contributed by atoms with Gasteiger partial charge in [0.15, 0.2) is 6.61 Å². The molecule has 0 saturated carbocycles. The lowest BCUT2D eigenvalue weighted by Crippen LogP contribution is -2.24. The van der Waals surface area contributed by atoms with Crippen molar-refractivity contribution in [3.8, 4) is 5.75 Å². The highest BCUT2D eigenvalue weighted by Crippen LogP contribution is 2.25. The largest absolute Gasteiger partial charge is 0.484 e. The van der Waals surface area contributed by atoms with Crippen LogP contribution in [0.3, 0.4) is 0 Å². The van der Waals surface area contributed by atoms with E-state index in [2.05, 4.69) is 47.0 Å². The quantitative estimate of drug-likeness (QED) is 0.358. The van der Waals surface area contributed by atoms with Crippen LogP contribution < -0.4 is 10.3 Å². The van der Waals surface area contributed by atoms with E-state index in [9.17, 15) is 4.79 Å². The number of ether oxygens (including phenoxy) is 1. The molecule has 4 aromatic rings. The Kier molecular flexibility index (Phi) is 5.71. The Hall–Kier alpha value is -2.23. The fourth-order valence-electron chi connectivity index (χ4n) is 2.77. The first kappa shape index (κ1) is 20.1. The number of aromatic nitrogens is 4. The second-order valence-electron chi connectivity index (χ2n) is 6.17. The Bertz CT molecular complexity index is 1260. The van der Waals surface area contributed by atoms with Gasteiger partial charge >= 0.3 is 0 Å². The van der Waals surface area contributed by atoms with Crippen LogP contribution in [0.1, 0.15) is 17.6 Å². The van der Waals surface area contributed by atoms with Gasteiger partial charge in [-0.25, -0.2) is 4.98 Å². The molecule has 0 aliphatic rings. The van der Waals surface area contributed by atoms with E-state index in [1.54, 1.807) is 37.3 Å². The molecule has 0 atom stereocenters. The molecule has 29 heavy (non-hydrogen) atoms. The van der Waals surface area contributed by atoms with Gasteiger partial charge in [-0.15, -0.1) is 10.2 Å². The SMILES string of the molecule is Cc1nc2c(Br)cc(Br)cc2c(=O)n1Cc1nnc(COc2ccc(Cl)cc2)o1. The second-order valence-corrected chi connectivity index (χ2v) is 8.37. The van der Waals surface area contributed by atoms with Crippen molar-refractivity contribution in [3.05, 3.63) is 78.3 Å². The highest BCUT2D eigenvalue weighted by Gasteiger charge is 2.15. The molecule has 0 amide bonds. The van der Waals surface area contributed by atoms with Crippen molar-refractivity contribution in [2.75, 3.05) is 0 Å². The number of hydrogen-bond acceptors (Lipinski definition) is 6. The second kappa shape index (κ2) is 8.25. The summed E-state index contributed by atoms with van der Waals surface area (Å²) in [5.74, 6) is 1.78. The summed E-state index contributed by atoms with van der Waals surface area (Å²) >= 11 is 12.7. The fourth-order valence-corrected chi connectivity index (χ4v) is 4.20. The van der Waals surface area contributed by atoms with Gasteiger partial charge < -0.3 is 9.15 Å². The van der Waals surface area contributed by atoms with Crippen LogP contribution in [0.4, 0.5) is 0 Å². The van der Waals surface area contributed by atoms with Gasteiger partial charge in [0.05, 0.1) is 10.9 Å². The van der Waals surface area contributed by atoms with Gasteiger partial charge in [-0.3, -0.25) is 9.36 Å². The molecule has 0 spiro atoms. The number of benzene rings is 2. The summed E-state index contributed by atoms with van der Waals surface area (Å²) in [4.78, 5) is 17.5. The van der Waals surface area contributed by atoms with Crippen molar-refractivity contribution in [2.45, 2.75) is 20.1 Å². The Balaban J connectivity index is 1.56. The third-order valence-electron chi connectivity index (χ3n) is 4.15. The normalized spacial score (nSPS) is 11.2. The molecule has 10 heteroatoms. The number of hydrogen-bond donors (Lipinski definition) is 0. The molecule has 0 N–H and O–H groups in total. The maximum absolute atomic E-state index is 13.0. The molecule has 0 fully saturated rings. The summed E-state index contributed by atoms with van der Waals surface area (Å²) in [6.07, 6.45) is 0. The first-order valence-electron chi connectivity index (χ1n) is 8.46. The van der Waals surface area contributed by atoms with Gasteiger partial charge in [-0.2, -0.15) is 0 Å². The summed E-state index contributed by atoms with van der Waals surface area (Å²) < 4.78 is 14.2. The maximum atomic E-state index is 13.0. The lowest BCUT2D eigenvalue weighted by atomic mass is 10.2. The van der Waals surface area contributed by atoms with E-state index in [0.717, 1.165) is 8.95 Å². The van der Waals surface area contributed by atoms with E-state index < -0.39 is 0 Å². The van der Waals surface area contributed by atoms with Gasteiger partial charge in [0.25, 0.3) is 11.4 Å². The molecule has 148 valence electrons. The molecule has 0 aliphatic carbocycles. The van der Waals surface area contributed by atoms with Crippen molar-refractivity contribution in [3.63, 3.8) is 0 Å². The highest BCUT2D eigenvalue weighted by atomic mass is 79.9. The minimum absolute atomic E-state index is 0.110. The molecular weight excluding hydrogens is 527 g/mol. The van der Waals surface area contributed by atoms with Crippen molar-refractivity contribution >= 4 is 54.4 Å². The number of fused-ring (bicyclic) bond motifs is 1. The average Bonchev–Trinajstić information content (AvgIpc) is 3.13. The predicted molar refractivity (Wildman–Crippen MR) is 115 cm³/mol. The molecule has 0 unspecified atom stereocenters. The first-order valence-corrected chi connectivity index (χ1v) is 10.4. The molecular formula is C19H13Br2ClN4O3. The van der Waals surface area contributed by atoms with Crippen LogP contribution in [-0.4, -0.2) is 19.7 Å². The molecule has 0 radical (unpaired) electrons. The Morgan fingerprint density at radius 3 is 2.62 bits per heavy atom. The summed E-state index contributed by atoms with van der Waals surface area (Å²) in [5.41, 5.74) is 0.418. The van der Waals surface area contributed by atoms with E-state index in [4.69, 9.17) is 20.8 Å². The number of halogens is 3. The van der Waals surface area contributed by atoms with Crippen LogP contribution >= 0.6 is 43.5 Å². The topological polar surface area (TPSA) is 83.0 Å². The standard InChI is InChI=1S/C19H13Br2ClN4O3/c1-10-23-18-14(6-11(20)7-15(18)21)19(27)26(10)8-16-24-25-17(29-16)9-28-13-4-2-12(22)3-5-13/h2-7H,8-9H2,1H3. The molecule has 2 aromatic heterocycles.